The fourth-order valence-electron chi connectivity index (χ4n) is 2.82. The molecule has 0 fully saturated rings. The van der Waals surface area contributed by atoms with E-state index in [1.54, 1.807) is 20.3 Å². The third-order valence-electron chi connectivity index (χ3n) is 4.32. The van der Waals surface area contributed by atoms with E-state index >= 15 is 0 Å². The Labute approximate surface area is 156 Å². The number of furan rings is 1. The number of aromatic nitrogens is 2. The Bertz CT molecular complexity index is 1110. The van der Waals surface area contributed by atoms with Crippen molar-refractivity contribution in [1.29, 1.82) is 0 Å². The Balaban J connectivity index is 1.61. The number of benzene rings is 2. The Kier molecular flexibility index (Phi) is 4.38. The van der Waals surface area contributed by atoms with Crippen molar-refractivity contribution in [2.45, 2.75) is 6.92 Å². The minimum atomic E-state index is 0.401. The van der Waals surface area contributed by atoms with Gasteiger partial charge in [0, 0.05) is 17.0 Å². The maximum Gasteiger partial charge on any atom is 0.251 e. The van der Waals surface area contributed by atoms with Crippen molar-refractivity contribution in [2.75, 3.05) is 14.2 Å². The molecule has 4 aromatic rings. The predicted molar refractivity (Wildman–Crippen MR) is 103 cm³/mol. The van der Waals surface area contributed by atoms with Crippen LogP contribution in [0.2, 0.25) is 0 Å². The first kappa shape index (κ1) is 16.9. The summed E-state index contributed by atoms with van der Waals surface area (Å²) in [6.45, 7) is 1.96. The predicted octanol–water partition coefficient (Wildman–Crippen LogP) is 4.98. The standard InChI is InChI=1S/C21H18N2O4/c1-13-17-12-16(25-3)9-10-18(17)26-20(13)21-22-19(27-23-21)11-6-14-4-7-15(24-2)8-5-14/h4-12H,1-3H3. The van der Waals surface area contributed by atoms with Crippen LogP contribution in [0.25, 0.3) is 34.7 Å². The van der Waals surface area contributed by atoms with Crippen LogP contribution >= 0.6 is 0 Å². The van der Waals surface area contributed by atoms with Crippen LogP contribution in [-0.2, 0) is 0 Å². The van der Waals surface area contributed by atoms with Crippen molar-refractivity contribution in [1.82, 2.24) is 10.1 Å². The Morgan fingerprint density at radius 1 is 0.926 bits per heavy atom. The lowest BCUT2D eigenvalue weighted by Crippen LogP contribution is -1.82. The van der Waals surface area contributed by atoms with Gasteiger partial charge >= 0.3 is 0 Å². The molecule has 2 heterocycles. The lowest BCUT2D eigenvalue weighted by molar-refractivity contribution is 0.409. The molecule has 2 aromatic heterocycles. The van der Waals surface area contributed by atoms with Gasteiger partial charge in [-0.15, -0.1) is 0 Å². The van der Waals surface area contributed by atoms with Crippen LogP contribution in [0.1, 0.15) is 17.0 Å². The highest BCUT2D eigenvalue weighted by Crippen LogP contribution is 2.33. The molecular formula is C21H18N2O4. The maximum absolute atomic E-state index is 5.91. The molecule has 27 heavy (non-hydrogen) atoms. The molecule has 0 aliphatic rings. The lowest BCUT2D eigenvalue weighted by atomic mass is 10.1. The first-order valence-corrected chi connectivity index (χ1v) is 8.41. The Morgan fingerprint density at radius 3 is 2.41 bits per heavy atom. The van der Waals surface area contributed by atoms with Gasteiger partial charge in [0.2, 0.25) is 5.82 Å². The smallest absolute Gasteiger partial charge is 0.251 e. The molecule has 2 aromatic carbocycles. The molecule has 0 unspecified atom stereocenters. The first-order chi connectivity index (χ1) is 13.2. The average Bonchev–Trinajstić information content (AvgIpc) is 3.31. The number of hydrogen-bond donors (Lipinski definition) is 0. The van der Waals surface area contributed by atoms with Crippen molar-refractivity contribution in [3.63, 3.8) is 0 Å². The van der Waals surface area contributed by atoms with Crippen LogP contribution in [0.3, 0.4) is 0 Å². The molecule has 0 spiro atoms. The normalized spacial score (nSPS) is 11.4. The summed E-state index contributed by atoms with van der Waals surface area (Å²) in [6, 6.07) is 13.3. The number of nitrogens with zero attached hydrogens (tertiary/aromatic N) is 2. The molecular weight excluding hydrogens is 344 g/mol. The Morgan fingerprint density at radius 2 is 1.67 bits per heavy atom. The molecule has 0 atom stereocenters. The molecule has 0 amide bonds. The first-order valence-electron chi connectivity index (χ1n) is 8.41. The zero-order valence-corrected chi connectivity index (χ0v) is 15.2. The summed E-state index contributed by atoms with van der Waals surface area (Å²) in [7, 11) is 3.28. The van der Waals surface area contributed by atoms with E-state index in [2.05, 4.69) is 10.1 Å². The van der Waals surface area contributed by atoms with Gasteiger partial charge < -0.3 is 18.4 Å². The van der Waals surface area contributed by atoms with Crippen LogP contribution in [-0.4, -0.2) is 24.4 Å². The summed E-state index contributed by atoms with van der Waals surface area (Å²) >= 11 is 0. The second-order valence-corrected chi connectivity index (χ2v) is 5.98. The SMILES string of the molecule is COc1ccc(C=Cc2nc(-c3oc4ccc(OC)cc4c3C)no2)cc1. The van der Waals surface area contributed by atoms with E-state index in [4.69, 9.17) is 18.4 Å². The molecule has 6 heteroatoms. The highest BCUT2D eigenvalue weighted by molar-refractivity contribution is 5.87. The summed E-state index contributed by atoms with van der Waals surface area (Å²) in [4.78, 5) is 4.41. The largest absolute Gasteiger partial charge is 0.497 e. The van der Waals surface area contributed by atoms with Gasteiger partial charge in [-0.05, 0) is 48.9 Å². The van der Waals surface area contributed by atoms with Crippen molar-refractivity contribution < 1.29 is 18.4 Å². The minimum Gasteiger partial charge on any atom is -0.497 e. The Hall–Kier alpha value is -3.54. The van der Waals surface area contributed by atoms with Gasteiger partial charge in [-0.1, -0.05) is 17.3 Å². The summed E-state index contributed by atoms with van der Waals surface area (Å²) < 4.78 is 21.7. The van der Waals surface area contributed by atoms with Crippen LogP contribution in [0.15, 0.2) is 51.4 Å². The van der Waals surface area contributed by atoms with Crippen molar-refractivity contribution in [3.8, 4) is 23.1 Å². The van der Waals surface area contributed by atoms with Gasteiger partial charge in [-0.3, -0.25) is 0 Å². The quantitative estimate of drug-likeness (QED) is 0.499. The van der Waals surface area contributed by atoms with Gasteiger partial charge in [0.15, 0.2) is 5.76 Å². The fraction of sp³-hybridized carbons (Fsp3) is 0.143. The molecule has 136 valence electrons. The van der Waals surface area contributed by atoms with E-state index in [1.807, 2.05) is 55.5 Å². The molecule has 0 saturated heterocycles. The number of aryl methyl sites for hydroxylation is 1. The molecule has 0 aliphatic carbocycles. The van der Waals surface area contributed by atoms with Crippen LogP contribution in [0, 0.1) is 6.92 Å². The molecule has 0 N–H and O–H groups in total. The third kappa shape index (κ3) is 3.29. The number of hydrogen-bond acceptors (Lipinski definition) is 6. The van der Waals surface area contributed by atoms with E-state index in [0.717, 1.165) is 33.6 Å². The summed E-state index contributed by atoms with van der Waals surface area (Å²) in [5, 5.41) is 5.00. The number of rotatable bonds is 5. The molecule has 0 radical (unpaired) electrons. The van der Waals surface area contributed by atoms with E-state index in [1.165, 1.54) is 0 Å². The number of ether oxygens (including phenoxy) is 2. The van der Waals surface area contributed by atoms with E-state index in [9.17, 15) is 0 Å². The second-order valence-electron chi connectivity index (χ2n) is 5.98. The van der Waals surface area contributed by atoms with Crippen molar-refractivity contribution in [3.05, 3.63) is 59.5 Å². The van der Waals surface area contributed by atoms with Crippen LogP contribution in [0.5, 0.6) is 11.5 Å². The fourth-order valence-corrected chi connectivity index (χ4v) is 2.82. The van der Waals surface area contributed by atoms with Crippen molar-refractivity contribution in [2.24, 2.45) is 0 Å². The zero-order valence-electron chi connectivity index (χ0n) is 15.2. The van der Waals surface area contributed by atoms with E-state index in [0.29, 0.717) is 17.5 Å². The minimum absolute atomic E-state index is 0.401. The maximum atomic E-state index is 5.91. The summed E-state index contributed by atoms with van der Waals surface area (Å²) in [6.07, 6.45) is 3.66. The van der Waals surface area contributed by atoms with Gasteiger partial charge in [0.25, 0.3) is 5.89 Å². The molecule has 4 rings (SSSR count). The number of fused-ring (bicyclic) bond motifs is 1. The van der Waals surface area contributed by atoms with E-state index in [-0.39, 0.29) is 0 Å². The van der Waals surface area contributed by atoms with Gasteiger partial charge in [0.1, 0.15) is 17.1 Å². The topological polar surface area (TPSA) is 70.5 Å². The van der Waals surface area contributed by atoms with Gasteiger partial charge in [0.05, 0.1) is 14.2 Å². The highest BCUT2D eigenvalue weighted by Gasteiger charge is 2.17. The number of methoxy groups -OCH3 is 2. The summed E-state index contributed by atoms with van der Waals surface area (Å²) in [5.41, 5.74) is 2.70. The van der Waals surface area contributed by atoms with Crippen molar-refractivity contribution >= 4 is 23.1 Å². The zero-order chi connectivity index (χ0) is 18.8. The van der Waals surface area contributed by atoms with Crippen LogP contribution < -0.4 is 9.47 Å². The lowest BCUT2D eigenvalue weighted by Gasteiger charge is -1.98. The molecule has 0 aliphatic heterocycles. The molecule has 0 saturated carbocycles. The molecule has 0 bridgehead atoms. The van der Waals surface area contributed by atoms with E-state index < -0.39 is 0 Å². The summed E-state index contributed by atoms with van der Waals surface area (Å²) in [5.74, 6) is 2.99. The molecule has 6 nitrogen and oxygen atoms in total. The highest BCUT2D eigenvalue weighted by atomic mass is 16.5. The third-order valence-corrected chi connectivity index (χ3v) is 4.32. The van der Waals surface area contributed by atoms with Gasteiger partial charge in [-0.25, -0.2) is 0 Å². The monoisotopic (exact) mass is 362 g/mol. The average molecular weight is 362 g/mol. The van der Waals surface area contributed by atoms with Gasteiger partial charge in [-0.2, -0.15) is 4.98 Å². The second kappa shape index (κ2) is 6.99. The van der Waals surface area contributed by atoms with Crippen LogP contribution in [0.4, 0.5) is 0 Å².